The van der Waals surface area contributed by atoms with Gasteiger partial charge in [-0.25, -0.2) is 14.6 Å². The smallest absolute Gasteiger partial charge is 0.352 e. The molecular weight excluding hydrogens is 478 g/mol. The molecule has 35 heavy (non-hydrogen) atoms. The molecule has 1 fully saturated rings. The molecule has 3 heterocycles. The Bertz CT molecular complexity index is 1140. The van der Waals surface area contributed by atoms with Gasteiger partial charge in [-0.15, -0.1) is 11.8 Å². The largest absolute Gasteiger partial charge is 0.477 e. The summed E-state index contributed by atoms with van der Waals surface area (Å²) in [6.07, 6.45) is 1.39. The summed E-state index contributed by atoms with van der Waals surface area (Å²) in [5.74, 6) is -2.95. The van der Waals surface area contributed by atoms with E-state index in [-0.39, 0.29) is 22.9 Å². The fourth-order valence-corrected chi connectivity index (χ4v) is 4.66. The average molecular weight is 504 g/mol. The van der Waals surface area contributed by atoms with Crippen molar-refractivity contribution >= 4 is 47.0 Å². The van der Waals surface area contributed by atoms with Crippen molar-refractivity contribution in [2.24, 2.45) is 5.16 Å². The maximum Gasteiger partial charge on any atom is 0.352 e. The molecule has 0 aromatic carbocycles. The number of hydrogen-bond donors (Lipinski definition) is 3. The van der Waals surface area contributed by atoms with Crippen LogP contribution in [0, 0.1) is 0 Å². The lowest BCUT2D eigenvalue weighted by atomic mass is 10.0. The third-order valence-electron chi connectivity index (χ3n) is 4.72. The minimum Gasteiger partial charge on any atom is -0.477 e. The number of carboxylic acids is 1. The minimum absolute atomic E-state index is 0.0479. The summed E-state index contributed by atoms with van der Waals surface area (Å²) in [6, 6.07) is 3.49. The Morgan fingerprint density at radius 3 is 2.71 bits per heavy atom. The molecule has 0 spiro atoms. The number of esters is 1. The molecule has 1 saturated heterocycles. The van der Waals surface area contributed by atoms with Gasteiger partial charge in [-0.3, -0.25) is 14.5 Å². The molecule has 1 aromatic rings. The van der Waals surface area contributed by atoms with Crippen LogP contribution in [0.15, 0.2) is 47.3 Å². The predicted octanol–water partition coefficient (Wildman–Crippen LogP) is 0.651. The van der Waals surface area contributed by atoms with Crippen molar-refractivity contribution in [2.45, 2.75) is 37.8 Å². The molecule has 1 unspecified atom stereocenters. The van der Waals surface area contributed by atoms with Crippen LogP contribution in [0.1, 0.15) is 26.5 Å². The maximum atomic E-state index is 13.1. The highest BCUT2D eigenvalue weighted by atomic mass is 32.2. The number of pyridine rings is 1. The third-order valence-corrected chi connectivity index (χ3v) is 6.02. The van der Waals surface area contributed by atoms with Gasteiger partial charge in [0.1, 0.15) is 34.2 Å². The highest BCUT2D eigenvalue weighted by molar-refractivity contribution is 8.00. The first kappa shape index (κ1) is 25.7. The van der Waals surface area contributed by atoms with E-state index >= 15 is 0 Å². The van der Waals surface area contributed by atoms with Crippen molar-refractivity contribution in [2.75, 3.05) is 18.1 Å². The number of carboxylic acid groups (broad SMARTS) is 1. The molecule has 12 nitrogen and oxygen atoms in total. The van der Waals surface area contributed by atoms with E-state index in [0.29, 0.717) is 11.3 Å². The van der Waals surface area contributed by atoms with Gasteiger partial charge in [0.15, 0.2) is 5.71 Å². The monoisotopic (exact) mass is 503 g/mol. The van der Waals surface area contributed by atoms with E-state index in [4.69, 9.17) is 15.3 Å². The van der Waals surface area contributed by atoms with E-state index in [0.717, 1.165) is 4.90 Å². The molecule has 13 heteroatoms. The number of nitrogens with one attached hydrogen (secondary N) is 1. The fraction of sp³-hybridized carbons (Fsp3) is 0.364. The second kappa shape index (κ2) is 10.2. The first-order valence-electron chi connectivity index (χ1n) is 10.4. The zero-order valence-corrected chi connectivity index (χ0v) is 20.1. The summed E-state index contributed by atoms with van der Waals surface area (Å²) in [5, 5.41) is 15.2. The van der Waals surface area contributed by atoms with Gasteiger partial charge in [-0.2, -0.15) is 0 Å². The van der Waals surface area contributed by atoms with Crippen molar-refractivity contribution in [3.05, 3.63) is 47.8 Å². The molecule has 2 atom stereocenters. The number of rotatable bonds is 8. The molecule has 0 saturated carbocycles. The molecule has 2 aliphatic rings. The van der Waals surface area contributed by atoms with Crippen LogP contribution in [-0.4, -0.2) is 73.8 Å². The van der Waals surface area contributed by atoms with Crippen LogP contribution in [0.5, 0.6) is 0 Å². The quantitative estimate of drug-likeness (QED) is 0.198. The summed E-state index contributed by atoms with van der Waals surface area (Å²) in [7, 11) is 0. The number of allylic oxidation sites excluding steroid dienone is 1. The van der Waals surface area contributed by atoms with Crippen LogP contribution in [0.3, 0.4) is 0 Å². The van der Waals surface area contributed by atoms with Gasteiger partial charge in [-0.05, 0) is 38.5 Å². The number of carbonyl (C=O) groups excluding carboxylic acids is 3. The van der Waals surface area contributed by atoms with Crippen LogP contribution < -0.4 is 11.1 Å². The number of β-lactam (4-membered cyclic amide) rings is 1. The molecule has 0 bridgehead atoms. The summed E-state index contributed by atoms with van der Waals surface area (Å²) in [5.41, 5.74) is 4.96. The van der Waals surface area contributed by atoms with Crippen LogP contribution in [-0.2, 0) is 28.8 Å². The van der Waals surface area contributed by atoms with Crippen LogP contribution >= 0.6 is 11.8 Å². The number of fused-ring (bicyclic) bond motifs is 1. The Labute approximate surface area is 205 Å². The number of amides is 2. The summed E-state index contributed by atoms with van der Waals surface area (Å²) >= 11 is 1.29. The number of nitrogen functional groups attached to an aromatic ring is 1. The SMILES string of the molecule is C=CC1=C(C(=O)O)N2C(=O)C(NC(=O)C(=NOCC(=O)OC(C)(C)C)c3cccc(N)n3)[C@@H]2SC1. The highest BCUT2D eigenvalue weighted by Gasteiger charge is 2.54. The van der Waals surface area contributed by atoms with Gasteiger partial charge in [-0.1, -0.05) is 23.9 Å². The number of carbonyl (C=O) groups is 4. The van der Waals surface area contributed by atoms with E-state index in [2.05, 4.69) is 22.0 Å². The Morgan fingerprint density at radius 1 is 1.40 bits per heavy atom. The first-order chi connectivity index (χ1) is 16.4. The Balaban J connectivity index is 1.78. The summed E-state index contributed by atoms with van der Waals surface area (Å²) in [6.45, 7) is 8.10. The number of ether oxygens (including phenoxy) is 1. The molecular formula is C22H25N5O7S. The Hall–Kier alpha value is -3.87. The zero-order valence-electron chi connectivity index (χ0n) is 19.3. The molecule has 3 rings (SSSR count). The topological polar surface area (TPSA) is 174 Å². The Morgan fingerprint density at radius 2 is 2.11 bits per heavy atom. The van der Waals surface area contributed by atoms with Gasteiger partial charge in [0, 0.05) is 5.75 Å². The van der Waals surface area contributed by atoms with Crippen molar-refractivity contribution in [3.8, 4) is 0 Å². The first-order valence-corrected chi connectivity index (χ1v) is 11.5. The third kappa shape index (κ3) is 5.80. The standard InChI is InChI=1S/C22H25N5O7S/c1-5-11-10-35-20-16(19(30)27(20)17(11)21(31)32)25-18(29)15(12-7-6-8-13(23)24-12)26-33-9-14(28)34-22(2,3)4/h5-8,16,20H,1,9-10H2,2-4H3,(H2,23,24)(H,25,29)(H,31,32)/t16?,20-/m0/s1. The number of nitrogens with zero attached hydrogens (tertiary/aromatic N) is 3. The molecule has 0 aliphatic carbocycles. The van der Waals surface area contributed by atoms with Gasteiger partial charge < -0.3 is 25.7 Å². The van der Waals surface area contributed by atoms with Crippen molar-refractivity contribution in [3.63, 3.8) is 0 Å². The molecule has 4 N–H and O–H groups in total. The molecule has 2 amide bonds. The Kier molecular flexibility index (Phi) is 7.48. The molecule has 2 aliphatic heterocycles. The number of thioether (sulfide) groups is 1. The maximum absolute atomic E-state index is 13.1. The molecule has 0 radical (unpaired) electrons. The number of aliphatic carboxylic acids is 1. The molecule has 186 valence electrons. The second-order valence-corrected chi connectivity index (χ2v) is 9.60. The van der Waals surface area contributed by atoms with Crippen molar-refractivity contribution in [1.82, 2.24) is 15.2 Å². The van der Waals surface area contributed by atoms with E-state index in [1.165, 1.54) is 30.0 Å². The lowest BCUT2D eigenvalue weighted by Gasteiger charge is -2.49. The van der Waals surface area contributed by atoms with E-state index < -0.39 is 47.4 Å². The van der Waals surface area contributed by atoms with Crippen LogP contribution in [0.25, 0.3) is 0 Å². The van der Waals surface area contributed by atoms with E-state index in [9.17, 15) is 24.3 Å². The normalized spacial score (nSPS) is 19.9. The lowest BCUT2D eigenvalue weighted by Crippen LogP contribution is -2.71. The second-order valence-electron chi connectivity index (χ2n) is 8.49. The van der Waals surface area contributed by atoms with E-state index in [1.807, 2.05) is 0 Å². The van der Waals surface area contributed by atoms with Gasteiger partial charge in [0.25, 0.3) is 11.8 Å². The van der Waals surface area contributed by atoms with E-state index in [1.54, 1.807) is 26.8 Å². The van der Waals surface area contributed by atoms with Crippen molar-refractivity contribution < 1.29 is 33.9 Å². The number of hydrogen-bond acceptors (Lipinski definition) is 10. The van der Waals surface area contributed by atoms with Crippen LogP contribution in [0.4, 0.5) is 5.82 Å². The number of aromatic nitrogens is 1. The van der Waals surface area contributed by atoms with Gasteiger partial charge in [0.2, 0.25) is 6.61 Å². The lowest BCUT2D eigenvalue weighted by molar-refractivity contribution is -0.160. The molecule has 1 aromatic heterocycles. The summed E-state index contributed by atoms with van der Waals surface area (Å²) in [4.78, 5) is 59.6. The fourth-order valence-electron chi connectivity index (χ4n) is 3.32. The average Bonchev–Trinajstić information content (AvgIpc) is 2.77. The van der Waals surface area contributed by atoms with Crippen molar-refractivity contribution in [1.29, 1.82) is 0 Å². The zero-order chi connectivity index (χ0) is 25.9. The predicted molar refractivity (Wildman–Crippen MR) is 127 cm³/mol. The highest BCUT2D eigenvalue weighted by Crippen LogP contribution is 2.40. The minimum atomic E-state index is -1.26. The summed E-state index contributed by atoms with van der Waals surface area (Å²) < 4.78 is 5.13. The van der Waals surface area contributed by atoms with Crippen LogP contribution in [0.2, 0.25) is 0 Å². The van der Waals surface area contributed by atoms with Gasteiger partial charge in [0.05, 0.1) is 0 Å². The number of nitrogens with two attached hydrogens (primary N) is 1. The number of oxime groups is 1. The van der Waals surface area contributed by atoms with Gasteiger partial charge >= 0.3 is 11.9 Å². The number of anilines is 1.